The van der Waals surface area contributed by atoms with Gasteiger partial charge in [0.25, 0.3) is 5.92 Å². The van der Waals surface area contributed by atoms with E-state index in [0.717, 1.165) is 13.4 Å². The summed E-state index contributed by atoms with van der Waals surface area (Å²) in [5.41, 5.74) is 0.647. The third-order valence-corrected chi connectivity index (χ3v) is 9.69. The second kappa shape index (κ2) is 10.7. The van der Waals surface area contributed by atoms with Crippen molar-refractivity contribution < 1.29 is 50.6 Å². The molecule has 3 aliphatic rings. The third kappa shape index (κ3) is 5.23. The molecular formula is C24H34BF3N2O8S. The van der Waals surface area contributed by atoms with Gasteiger partial charge in [0, 0.05) is 18.6 Å². The molecule has 1 aliphatic heterocycles. The smallest absolute Gasteiger partial charge is 0.464 e. The minimum atomic E-state index is -4.04. The Labute approximate surface area is 226 Å². The van der Waals surface area contributed by atoms with Gasteiger partial charge < -0.3 is 24.3 Å². The highest BCUT2D eigenvalue weighted by Gasteiger charge is 2.81. The Kier molecular flexibility index (Phi) is 8.23. The van der Waals surface area contributed by atoms with Crippen molar-refractivity contribution in [2.24, 2.45) is 5.92 Å². The zero-order valence-corrected chi connectivity index (χ0v) is 23.0. The molecule has 1 saturated heterocycles. The molecule has 10 nitrogen and oxygen atoms in total. The monoisotopic (exact) mass is 578 g/mol. The number of alkyl halides is 3. The quantitative estimate of drug-likeness (QED) is 0.427. The van der Waals surface area contributed by atoms with Crippen molar-refractivity contribution in [1.82, 2.24) is 9.21 Å². The van der Waals surface area contributed by atoms with Gasteiger partial charge in [0.2, 0.25) is 10.0 Å². The number of hydrogen-bond donors (Lipinski definition) is 2. The van der Waals surface area contributed by atoms with Gasteiger partial charge in [-0.15, -0.1) is 0 Å². The Bertz CT molecular complexity index is 1160. The average molecular weight is 578 g/mol. The molecule has 15 heteroatoms. The first-order chi connectivity index (χ1) is 18.2. The number of hydrogen-bond acceptors (Lipinski definition) is 8. The van der Waals surface area contributed by atoms with Crippen LogP contribution in [0.15, 0.2) is 24.3 Å². The third-order valence-electron chi connectivity index (χ3n) is 8.44. The molecule has 7 atom stereocenters. The molecular weight excluding hydrogens is 544 g/mol. The van der Waals surface area contributed by atoms with E-state index in [-0.39, 0.29) is 25.8 Å². The van der Waals surface area contributed by atoms with Gasteiger partial charge in [0.1, 0.15) is 5.75 Å². The summed E-state index contributed by atoms with van der Waals surface area (Å²) in [5.74, 6) is -4.30. The van der Waals surface area contributed by atoms with E-state index < -0.39 is 77.4 Å². The van der Waals surface area contributed by atoms with Gasteiger partial charge in [-0.1, -0.05) is 12.1 Å². The molecule has 3 fully saturated rings. The van der Waals surface area contributed by atoms with Crippen LogP contribution >= 0.6 is 0 Å². The number of halogens is 3. The zero-order chi connectivity index (χ0) is 28.9. The standard InChI is InChI=1S/C24H34BF3N2O8S/c1-14-9-18(29(39(4,34)35)12-15-5-7-17(36-2)8-6-15)19(30(14)22(31)37-3)13-38-20-10-16-11-23(16,25(32)33)24(27,28)21(20)26/h5-8,14,16,18-21,32-33H,9-13H2,1-4H3/t14-,16?,18+,19+,20?,21?,23?/m1/s1. The van der Waals surface area contributed by atoms with Crippen LogP contribution in [-0.2, 0) is 26.0 Å². The van der Waals surface area contributed by atoms with E-state index >= 15 is 4.39 Å². The zero-order valence-electron chi connectivity index (χ0n) is 22.2. The second-order valence-corrected chi connectivity index (χ2v) is 12.6. The number of rotatable bonds is 9. The molecule has 2 aliphatic carbocycles. The van der Waals surface area contributed by atoms with Crippen molar-refractivity contribution >= 4 is 23.2 Å². The summed E-state index contributed by atoms with van der Waals surface area (Å²) in [6.45, 7) is 1.23. The van der Waals surface area contributed by atoms with E-state index in [4.69, 9.17) is 14.2 Å². The van der Waals surface area contributed by atoms with E-state index in [0.29, 0.717) is 11.3 Å². The highest BCUT2D eigenvalue weighted by atomic mass is 32.2. The molecule has 218 valence electrons. The number of benzene rings is 1. The number of methoxy groups -OCH3 is 2. The summed E-state index contributed by atoms with van der Waals surface area (Å²) in [5, 5.41) is 16.8. The van der Waals surface area contributed by atoms with E-state index in [9.17, 15) is 32.0 Å². The van der Waals surface area contributed by atoms with E-state index in [1.807, 2.05) is 0 Å². The van der Waals surface area contributed by atoms with Crippen LogP contribution in [0.1, 0.15) is 31.7 Å². The average Bonchev–Trinajstić information content (AvgIpc) is 3.54. The second-order valence-electron chi connectivity index (χ2n) is 10.7. The first-order valence-corrected chi connectivity index (χ1v) is 14.5. The number of fused-ring (bicyclic) bond motifs is 1. The molecule has 4 unspecified atom stereocenters. The number of likely N-dealkylation sites (tertiary alicyclic amines) is 1. The van der Waals surface area contributed by atoms with Crippen LogP contribution in [0.5, 0.6) is 5.75 Å². The van der Waals surface area contributed by atoms with E-state index in [1.165, 1.54) is 16.3 Å². The van der Waals surface area contributed by atoms with Gasteiger partial charge in [-0.2, -0.15) is 4.31 Å². The number of ether oxygens (including phenoxy) is 3. The number of amides is 1. The van der Waals surface area contributed by atoms with Crippen LogP contribution in [-0.4, -0.2) is 104 Å². The molecule has 0 aromatic heterocycles. The van der Waals surface area contributed by atoms with Crippen molar-refractivity contribution in [1.29, 1.82) is 0 Å². The van der Waals surface area contributed by atoms with E-state index in [1.54, 1.807) is 31.2 Å². The Hall–Kier alpha value is -2.07. The molecule has 4 rings (SSSR count). The minimum Gasteiger partial charge on any atom is -0.497 e. The summed E-state index contributed by atoms with van der Waals surface area (Å²) in [4.78, 5) is 14.0. The topological polar surface area (TPSA) is 126 Å². The first kappa shape index (κ1) is 29.9. The molecule has 2 N–H and O–H groups in total. The summed E-state index contributed by atoms with van der Waals surface area (Å²) in [6.07, 6.45) is -4.33. The van der Waals surface area contributed by atoms with Crippen LogP contribution < -0.4 is 4.74 Å². The fraction of sp³-hybridized carbons (Fsp3) is 0.708. The van der Waals surface area contributed by atoms with Crippen molar-refractivity contribution in [2.45, 2.75) is 74.4 Å². The highest BCUT2D eigenvalue weighted by molar-refractivity contribution is 7.88. The Balaban J connectivity index is 1.59. The van der Waals surface area contributed by atoms with Gasteiger partial charge in [-0.25, -0.2) is 26.4 Å². The lowest BCUT2D eigenvalue weighted by atomic mass is 9.59. The van der Waals surface area contributed by atoms with Crippen molar-refractivity contribution in [3.8, 4) is 5.75 Å². The maximum absolute atomic E-state index is 15.1. The SMILES string of the molecule is COC(=O)N1[C@H](C)C[C@H](N(Cc2ccc(OC)cc2)S(C)(=O)=O)[C@@H]1COC1CC2CC2(B(O)O)C(F)(F)C1F. The Morgan fingerprint density at radius 3 is 2.38 bits per heavy atom. The maximum atomic E-state index is 15.1. The van der Waals surface area contributed by atoms with Crippen LogP contribution in [0.2, 0.25) is 5.31 Å². The van der Waals surface area contributed by atoms with Gasteiger partial charge in [0.05, 0.1) is 44.5 Å². The maximum Gasteiger partial charge on any atom is 0.464 e. The molecule has 1 aromatic carbocycles. The lowest BCUT2D eigenvalue weighted by molar-refractivity contribution is -0.170. The summed E-state index contributed by atoms with van der Waals surface area (Å²) < 4.78 is 87.7. The number of sulfonamides is 1. The normalized spacial score (nSPS) is 33.5. The fourth-order valence-corrected chi connectivity index (χ4v) is 7.35. The summed E-state index contributed by atoms with van der Waals surface area (Å²) in [6, 6.07) is 4.49. The Morgan fingerprint density at radius 2 is 1.85 bits per heavy atom. The van der Waals surface area contributed by atoms with Crippen molar-refractivity contribution in [2.75, 3.05) is 27.1 Å². The van der Waals surface area contributed by atoms with E-state index in [2.05, 4.69) is 0 Å². The molecule has 0 spiro atoms. The summed E-state index contributed by atoms with van der Waals surface area (Å²) in [7, 11) is -3.55. The van der Waals surface area contributed by atoms with Crippen LogP contribution in [0.3, 0.4) is 0 Å². The van der Waals surface area contributed by atoms with Gasteiger partial charge in [0.15, 0.2) is 6.17 Å². The van der Waals surface area contributed by atoms with Crippen LogP contribution in [0.4, 0.5) is 18.0 Å². The van der Waals surface area contributed by atoms with Crippen molar-refractivity contribution in [3.63, 3.8) is 0 Å². The molecule has 0 bridgehead atoms. The lowest BCUT2D eigenvalue weighted by Crippen LogP contribution is -2.55. The van der Waals surface area contributed by atoms with Crippen molar-refractivity contribution in [3.05, 3.63) is 29.8 Å². The molecule has 2 saturated carbocycles. The van der Waals surface area contributed by atoms with Gasteiger partial charge in [-0.3, -0.25) is 4.90 Å². The Morgan fingerprint density at radius 1 is 1.21 bits per heavy atom. The molecule has 1 heterocycles. The number of carbonyl (C=O) groups excluding carboxylic acids is 1. The van der Waals surface area contributed by atoms with Crippen LogP contribution in [0, 0.1) is 5.92 Å². The highest BCUT2D eigenvalue weighted by Crippen LogP contribution is 2.75. The number of nitrogens with zero attached hydrogens (tertiary/aromatic N) is 2. The lowest BCUT2D eigenvalue weighted by Gasteiger charge is -2.40. The largest absolute Gasteiger partial charge is 0.497 e. The predicted octanol–water partition coefficient (Wildman–Crippen LogP) is 2.05. The molecule has 1 amide bonds. The minimum absolute atomic E-state index is 0.0437. The predicted molar refractivity (Wildman–Crippen MR) is 134 cm³/mol. The summed E-state index contributed by atoms with van der Waals surface area (Å²) >= 11 is 0. The number of carbonyl (C=O) groups is 1. The first-order valence-electron chi connectivity index (χ1n) is 12.6. The molecule has 39 heavy (non-hydrogen) atoms. The van der Waals surface area contributed by atoms with Crippen LogP contribution in [0.25, 0.3) is 0 Å². The van der Waals surface area contributed by atoms with Gasteiger partial charge in [-0.05, 0) is 49.8 Å². The van der Waals surface area contributed by atoms with Gasteiger partial charge >= 0.3 is 13.2 Å². The fourth-order valence-electron chi connectivity index (χ4n) is 6.25. The molecule has 1 aromatic rings. The molecule has 0 radical (unpaired) electrons.